The van der Waals surface area contributed by atoms with Gasteiger partial charge in [-0.25, -0.2) is 4.79 Å². The molecule has 9 heteroatoms. The van der Waals surface area contributed by atoms with Crippen LogP contribution in [0.5, 0.6) is 5.75 Å². The first kappa shape index (κ1) is 17.4. The Bertz CT molecular complexity index is 786. The predicted molar refractivity (Wildman–Crippen MR) is 87.6 cm³/mol. The first-order valence-electron chi connectivity index (χ1n) is 6.76. The van der Waals surface area contributed by atoms with Crippen LogP contribution in [0.3, 0.4) is 0 Å². The van der Waals surface area contributed by atoms with E-state index in [2.05, 4.69) is 5.32 Å². The lowest BCUT2D eigenvalue weighted by molar-refractivity contribution is -0.384. The Kier molecular flexibility index (Phi) is 5.48. The fraction of sp³-hybridized carbons (Fsp3) is 0.200. The number of benzene rings is 1. The summed E-state index contributed by atoms with van der Waals surface area (Å²) >= 11 is 1.22. The number of carbonyl (C=O) groups is 2. The number of methoxy groups -OCH3 is 1. The summed E-state index contributed by atoms with van der Waals surface area (Å²) in [6.45, 7) is 1.25. The highest BCUT2D eigenvalue weighted by Crippen LogP contribution is 2.28. The number of rotatable bonds is 6. The van der Waals surface area contributed by atoms with Crippen molar-refractivity contribution in [3.63, 3.8) is 0 Å². The van der Waals surface area contributed by atoms with Crippen molar-refractivity contribution in [2.45, 2.75) is 6.92 Å². The number of hydrogen-bond acceptors (Lipinski definition) is 7. The number of hydrogen-bond donors (Lipinski definition) is 1. The van der Waals surface area contributed by atoms with Gasteiger partial charge in [0.25, 0.3) is 11.6 Å². The Morgan fingerprint density at radius 1 is 1.33 bits per heavy atom. The third-order valence-corrected chi connectivity index (χ3v) is 4.05. The molecule has 0 radical (unpaired) electrons. The van der Waals surface area contributed by atoms with Crippen molar-refractivity contribution in [1.82, 2.24) is 0 Å². The van der Waals surface area contributed by atoms with Gasteiger partial charge in [-0.3, -0.25) is 14.9 Å². The van der Waals surface area contributed by atoms with Crippen molar-refractivity contribution in [2.75, 3.05) is 19.0 Å². The minimum absolute atomic E-state index is 0.125. The molecule has 0 aliphatic carbocycles. The van der Waals surface area contributed by atoms with E-state index in [-0.39, 0.29) is 17.1 Å². The fourth-order valence-electron chi connectivity index (χ4n) is 1.87. The third-order valence-electron chi connectivity index (χ3n) is 3.05. The maximum absolute atomic E-state index is 11.9. The molecule has 1 N–H and O–H groups in total. The molecule has 0 aliphatic heterocycles. The molecule has 1 aromatic carbocycles. The van der Waals surface area contributed by atoms with Crippen molar-refractivity contribution < 1.29 is 24.0 Å². The van der Waals surface area contributed by atoms with Crippen LogP contribution < -0.4 is 10.1 Å². The lowest BCUT2D eigenvalue weighted by Gasteiger charge is -2.10. The Hall–Kier alpha value is -2.94. The van der Waals surface area contributed by atoms with Gasteiger partial charge in [0, 0.05) is 12.1 Å². The number of thiophene rings is 1. The molecule has 1 heterocycles. The number of carbonyl (C=O) groups excluding carboxylic acids is 2. The highest BCUT2D eigenvalue weighted by molar-refractivity contribution is 7.12. The van der Waals surface area contributed by atoms with Crippen LogP contribution in [-0.4, -0.2) is 30.5 Å². The number of amides is 1. The number of ether oxygens (including phenoxy) is 2. The number of nitro benzene ring substituents is 1. The smallest absolute Gasteiger partial charge is 0.349 e. The van der Waals surface area contributed by atoms with E-state index in [1.54, 1.807) is 18.4 Å². The van der Waals surface area contributed by atoms with E-state index in [9.17, 15) is 19.7 Å². The number of nitrogens with zero attached hydrogens (tertiary/aromatic N) is 1. The van der Waals surface area contributed by atoms with Gasteiger partial charge in [0.1, 0.15) is 10.6 Å². The van der Waals surface area contributed by atoms with Crippen molar-refractivity contribution in [1.29, 1.82) is 0 Å². The average Bonchev–Trinajstić information content (AvgIpc) is 2.98. The van der Waals surface area contributed by atoms with Gasteiger partial charge in [-0.05, 0) is 30.0 Å². The molecule has 24 heavy (non-hydrogen) atoms. The topological polar surface area (TPSA) is 108 Å². The summed E-state index contributed by atoms with van der Waals surface area (Å²) in [6.07, 6.45) is 0. The molecule has 0 unspecified atom stereocenters. The maximum atomic E-state index is 11.9. The lowest BCUT2D eigenvalue weighted by Crippen LogP contribution is -2.21. The molecule has 0 spiro atoms. The molecule has 0 atom stereocenters. The van der Waals surface area contributed by atoms with Crippen LogP contribution in [0.15, 0.2) is 29.6 Å². The minimum Gasteiger partial charge on any atom is -0.495 e. The Labute approximate surface area is 141 Å². The van der Waals surface area contributed by atoms with Crippen LogP contribution >= 0.6 is 11.3 Å². The molecule has 0 saturated carbocycles. The van der Waals surface area contributed by atoms with Crippen molar-refractivity contribution in [3.05, 3.63) is 50.2 Å². The van der Waals surface area contributed by atoms with Crippen molar-refractivity contribution >= 4 is 34.6 Å². The number of nitrogens with one attached hydrogen (secondary N) is 1. The van der Waals surface area contributed by atoms with E-state index in [1.807, 2.05) is 0 Å². The second-order valence-electron chi connectivity index (χ2n) is 4.70. The van der Waals surface area contributed by atoms with Gasteiger partial charge < -0.3 is 14.8 Å². The number of anilines is 1. The summed E-state index contributed by atoms with van der Waals surface area (Å²) in [6, 6.07) is 5.57. The van der Waals surface area contributed by atoms with E-state index in [0.717, 1.165) is 5.56 Å². The van der Waals surface area contributed by atoms with E-state index >= 15 is 0 Å². The Balaban J connectivity index is 2.02. The largest absolute Gasteiger partial charge is 0.495 e. The molecule has 0 aliphatic rings. The third kappa shape index (κ3) is 4.07. The van der Waals surface area contributed by atoms with Crippen molar-refractivity contribution in [3.8, 4) is 5.75 Å². The van der Waals surface area contributed by atoms with Crippen LogP contribution in [0.25, 0.3) is 0 Å². The number of esters is 1. The Morgan fingerprint density at radius 3 is 2.67 bits per heavy atom. The summed E-state index contributed by atoms with van der Waals surface area (Å²) in [7, 11) is 1.37. The van der Waals surface area contributed by atoms with E-state index in [1.165, 1.54) is 36.6 Å². The fourth-order valence-corrected chi connectivity index (χ4v) is 2.69. The highest BCUT2D eigenvalue weighted by atomic mass is 32.1. The molecular formula is C15H14N2O6S. The van der Waals surface area contributed by atoms with E-state index in [0.29, 0.717) is 4.88 Å². The lowest BCUT2D eigenvalue weighted by atomic mass is 10.2. The summed E-state index contributed by atoms with van der Waals surface area (Å²) < 4.78 is 9.97. The van der Waals surface area contributed by atoms with Crippen LogP contribution in [0.2, 0.25) is 0 Å². The van der Waals surface area contributed by atoms with Crippen LogP contribution in [0, 0.1) is 17.0 Å². The highest BCUT2D eigenvalue weighted by Gasteiger charge is 2.16. The van der Waals surface area contributed by atoms with Crippen LogP contribution in [0.4, 0.5) is 11.4 Å². The molecule has 2 rings (SSSR count). The van der Waals surface area contributed by atoms with Crippen LogP contribution in [-0.2, 0) is 9.53 Å². The molecule has 8 nitrogen and oxygen atoms in total. The van der Waals surface area contributed by atoms with Gasteiger partial charge in [-0.1, -0.05) is 0 Å². The quantitative estimate of drug-likeness (QED) is 0.487. The summed E-state index contributed by atoms with van der Waals surface area (Å²) in [5.41, 5.74) is 0.697. The van der Waals surface area contributed by atoms with Crippen molar-refractivity contribution in [2.24, 2.45) is 0 Å². The molecule has 2 aromatic rings. The number of aryl methyl sites for hydroxylation is 1. The zero-order valence-electron chi connectivity index (χ0n) is 12.9. The zero-order valence-corrected chi connectivity index (χ0v) is 13.7. The molecule has 0 bridgehead atoms. The summed E-state index contributed by atoms with van der Waals surface area (Å²) in [4.78, 5) is 34.4. The Morgan fingerprint density at radius 2 is 2.08 bits per heavy atom. The molecule has 126 valence electrons. The monoisotopic (exact) mass is 350 g/mol. The zero-order chi connectivity index (χ0) is 17.7. The molecule has 0 saturated heterocycles. The second kappa shape index (κ2) is 7.55. The van der Waals surface area contributed by atoms with Gasteiger partial charge in [0.15, 0.2) is 6.61 Å². The SMILES string of the molecule is COc1ccc([N+](=O)[O-])cc1NC(=O)COC(=O)c1sccc1C. The van der Waals surface area contributed by atoms with Gasteiger partial charge >= 0.3 is 5.97 Å². The van der Waals surface area contributed by atoms with Gasteiger partial charge in [-0.15, -0.1) is 11.3 Å². The van der Waals surface area contributed by atoms with Crippen LogP contribution in [0.1, 0.15) is 15.2 Å². The average molecular weight is 350 g/mol. The van der Waals surface area contributed by atoms with E-state index in [4.69, 9.17) is 9.47 Å². The second-order valence-corrected chi connectivity index (χ2v) is 5.61. The minimum atomic E-state index is -0.628. The van der Waals surface area contributed by atoms with Gasteiger partial charge in [-0.2, -0.15) is 0 Å². The maximum Gasteiger partial charge on any atom is 0.349 e. The molecule has 1 amide bonds. The van der Waals surface area contributed by atoms with Gasteiger partial charge in [0.2, 0.25) is 0 Å². The first-order valence-corrected chi connectivity index (χ1v) is 7.64. The molecule has 0 fully saturated rings. The first-order chi connectivity index (χ1) is 11.4. The van der Waals surface area contributed by atoms with Gasteiger partial charge in [0.05, 0.1) is 17.7 Å². The summed E-state index contributed by atoms with van der Waals surface area (Å²) in [5.74, 6) is -0.964. The summed E-state index contributed by atoms with van der Waals surface area (Å²) in [5, 5.41) is 15.0. The molecular weight excluding hydrogens is 336 g/mol. The normalized spacial score (nSPS) is 10.1. The molecule has 1 aromatic heterocycles. The number of nitro groups is 1. The number of non-ortho nitro benzene ring substituents is 1. The predicted octanol–water partition coefficient (Wildman–Crippen LogP) is 2.77. The standard InChI is InChI=1S/C15H14N2O6S/c1-9-5-6-24-14(9)15(19)23-8-13(18)16-11-7-10(17(20)21)3-4-12(11)22-2/h3-7H,8H2,1-2H3,(H,16,18). The van der Waals surface area contributed by atoms with E-state index < -0.39 is 23.4 Å².